The van der Waals surface area contributed by atoms with Crippen LogP contribution in [-0.4, -0.2) is 29.8 Å². The fourth-order valence-corrected chi connectivity index (χ4v) is 0.897. The van der Waals surface area contributed by atoms with Crippen LogP contribution in [0.5, 0.6) is 0 Å². The second kappa shape index (κ2) is 5.15. The van der Waals surface area contributed by atoms with Gasteiger partial charge in [-0.2, -0.15) is 0 Å². The van der Waals surface area contributed by atoms with Gasteiger partial charge in [0.25, 0.3) is 0 Å². The summed E-state index contributed by atoms with van der Waals surface area (Å²) in [5.41, 5.74) is 0. The maximum Gasteiger partial charge on any atom is 1.00 e. The minimum Gasteiger partial charge on any atom is -0.548 e. The van der Waals surface area contributed by atoms with Crippen molar-refractivity contribution in [2.45, 2.75) is 18.6 Å². The molecule has 0 amide bonds. The van der Waals surface area contributed by atoms with Crippen molar-refractivity contribution >= 4 is 5.97 Å². The Balaban J connectivity index is 0.000000810. The third-order valence-electron chi connectivity index (χ3n) is 1.39. The monoisotopic (exact) mass is 263 g/mol. The van der Waals surface area contributed by atoms with Gasteiger partial charge in [0.15, 0.2) is 0 Å². The summed E-state index contributed by atoms with van der Waals surface area (Å²) in [5, 5.41) is 21.5. The summed E-state index contributed by atoms with van der Waals surface area (Å²) in [7, 11) is 0. The van der Waals surface area contributed by atoms with Crippen LogP contribution >= 0.6 is 0 Å². The molecule has 1 aliphatic rings. The summed E-state index contributed by atoms with van der Waals surface area (Å²) in [6.45, 7) is 0.360. The maximum atomic E-state index is 10.1. The van der Waals surface area contributed by atoms with Crippen molar-refractivity contribution in [3.05, 3.63) is 0 Å². The molecule has 0 aromatic heterocycles. The van der Waals surface area contributed by atoms with Crippen LogP contribution in [0, 0.1) is 0 Å². The first-order valence-electron chi connectivity index (χ1n) is 2.82. The van der Waals surface area contributed by atoms with Crippen molar-refractivity contribution in [1.82, 2.24) is 5.32 Å². The largest absolute Gasteiger partial charge is 1.00 e. The quantitative estimate of drug-likeness (QED) is 0.495. The minimum atomic E-state index is -1.13. The summed E-state index contributed by atoms with van der Waals surface area (Å²) < 4.78 is 0. The summed E-state index contributed by atoms with van der Waals surface area (Å²) in [4.78, 5) is 10.1. The molecular formula is C5H8CsNO3. The first-order valence-corrected chi connectivity index (χ1v) is 2.82. The molecule has 10 heavy (non-hydrogen) atoms. The van der Waals surface area contributed by atoms with Crippen LogP contribution in [0.25, 0.3) is 0 Å². The smallest absolute Gasteiger partial charge is 0.548 e. The van der Waals surface area contributed by atoms with Gasteiger partial charge in [0.05, 0.1) is 12.1 Å². The van der Waals surface area contributed by atoms with E-state index in [0.29, 0.717) is 6.54 Å². The number of carbonyl (C=O) groups excluding carboxylic acids is 1. The van der Waals surface area contributed by atoms with Crippen molar-refractivity contribution in [2.24, 2.45) is 0 Å². The van der Waals surface area contributed by atoms with Crippen molar-refractivity contribution in [3.63, 3.8) is 0 Å². The first-order chi connectivity index (χ1) is 4.20. The molecule has 1 unspecified atom stereocenters. The van der Waals surface area contributed by atoms with Crippen molar-refractivity contribution in [1.29, 1.82) is 0 Å². The molecule has 0 aromatic rings. The summed E-state index contributed by atoms with van der Waals surface area (Å²) >= 11 is 0. The Morgan fingerprint density at radius 1 is 1.70 bits per heavy atom. The Hall–Kier alpha value is 1.44. The topological polar surface area (TPSA) is 72.4 Å². The maximum absolute atomic E-state index is 10.1. The van der Waals surface area contributed by atoms with E-state index in [2.05, 4.69) is 5.32 Å². The van der Waals surface area contributed by atoms with Crippen LogP contribution < -0.4 is 79.3 Å². The van der Waals surface area contributed by atoms with Gasteiger partial charge in [0, 0.05) is 12.6 Å². The van der Waals surface area contributed by atoms with Gasteiger partial charge in [-0.15, -0.1) is 0 Å². The van der Waals surface area contributed by atoms with Gasteiger partial charge < -0.3 is 20.3 Å². The molecule has 0 spiro atoms. The van der Waals surface area contributed by atoms with E-state index in [1.54, 1.807) is 0 Å². The molecule has 0 aliphatic carbocycles. The molecule has 1 rings (SSSR count). The van der Waals surface area contributed by atoms with Crippen LogP contribution in [-0.2, 0) is 4.79 Å². The normalized spacial score (nSPS) is 31.3. The summed E-state index contributed by atoms with van der Waals surface area (Å²) in [5.74, 6) is -1.13. The number of aliphatic carboxylic acids is 1. The Kier molecular flexibility index (Phi) is 5.89. The van der Waals surface area contributed by atoms with E-state index < -0.39 is 18.1 Å². The fraction of sp³-hybridized carbons (Fsp3) is 0.800. The van der Waals surface area contributed by atoms with Crippen molar-refractivity contribution < 1.29 is 83.9 Å². The average Bonchev–Trinajstić information content (AvgIpc) is 2.14. The number of nitrogens with one attached hydrogen (secondary N) is 1. The van der Waals surface area contributed by atoms with Crippen LogP contribution in [0.2, 0.25) is 0 Å². The predicted molar refractivity (Wildman–Crippen MR) is 27.4 cm³/mol. The molecule has 1 saturated heterocycles. The van der Waals surface area contributed by atoms with Gasteiger partial charge in [-0.3, -0.25) is 0 Å². The number of carboxylic acids is 1. The molecule has 52 valence electrons. The molecule has 0 bridgehead atoms. The molecule has 5 heteroatoms. The van der Waals surface area contributed by atoms with Crippen LogP contribution in [0.4, 0.5) is 0 Å². The molecule has 0 saturated carbocycles. The third kappa shape index (κ3) is 3.23. The zero-order chi connectivity index (χ0) is 6.85. The Morgan fingerprint density at radius 3 is 2.50 bits per heavy atom. The second-order valence-electron chi connectivity index (χ2n) is 2.17. The number of carbonyl (C=O) groups is 1. The van der Waals surface area contributed by atoms with E-state index >= 15 is 0 Å². The van der Waals surface area contributed by atoms with Crippen molar-refractivity contribution in [3.8, 4) is 0 Å². The van der Waals surface area contributed by atoms with Gasteiger partial charge in [-0.05, 0) is 6.42 Å². The zero-order valence-electron chi connectivity index (χ0n) is 5.83. The summed E-state index contributed by atoms with van der Waals surface area (Å²) in [6.07, 6.45) is -0.254. The average molecular weight is 263 g/mol. The molecule has 1 fully saturated rings. The van der Waals surface area contributed by atoms with Gasteiger partial charge >= 0.3 is 68.9 Å². The number of hydrogen-bond donors (Lipinski definition) is 2. The second-order valence-corrected chi connectivity index (χ2v) is 2.17. The van der Waals surface area contributed by atoms with E-state index in [0.717, 1.165) is 0 Å². The van der Waals surface area contributed by atoms with Crippen LogP contribution in [0.15, 0.2) is 0 Å². The molecule has 1 aliphatic heterocycles. The minimum absolute atomic E-state index is 0. The molecule has 2 atom stereocenters. The number of β-amino-alcohol motifs (C(OH)–C–C–N with tert-alkyl or cyclic N) is 1. The number of aliphatic hydroxyl groups excluding tert-OH is 1. The number of hydrogen-bond acceptors (Lipinski definition) is 4. The Bertz CT molecular complexity index is 130. The van der Waals surface area contributed by atoms with Gasteiger partial charge in [0.1, 0.15) is 0 Å². The fourth-order valence-electron chi connectivity index (χ4n) is 0.897. The van der Waals surface area contributed by atoms with E-state index in [4.69, 9.17) is 5.11 Å². The molecule has 0 aromatic carbocycles. The standard InChI is InChI=1S/C5H9NO3.Cs/c7-3-1-4(5(8)9)6-2-3;/h3-4,6-7H,1-2H2,(H,8,9);/q;+1/p-1/t3?,4-;/m0./s1. The molecule has 2 N–H and O–H groups in total. The van der Waals surface area contributed by atoms with Crippen LogP contribution in [0.1, 0.15) is 6.42 Å². The number of aliphatic hydroxyl groups is 1. The van der Waals surface area contributed by atoms with E-state index in [9.17, 15) is 9.90 Å². The van der Waals surface area contributed by atoms with Gasteiger partial charge in [0.2, 0.25) is 0 Å². The van der Waals surface area contributed by atoms with E-state index in [-0.39, 0.29) is 75.3 Å². The van der Waals surface area contributed by atoms with Gasteiger partial charge in [-0.1, -0.05) is 0 Å². The molecule has 4 nitrogen and oxygen atoms in total. The van der Waals surface area contributed by atoms with Crippen molar-refractivity contribution in [2.75, 3.05) is 6.54 Å². The predicted octanol–water partition coefficient (Wildman–Crippen LogP) is -5.54. The molecular weight excluding hydrogens is 255 g/mol. The zero-order valence-corrected chi connectivity index (χ0v) is 12.1. The SMILES string of the molecule is O=C([O-])[C@@H]1CC(O)CN1.[Cs+]. The third-order valence-corrected chi connectivity index (χ3v) is 1.39. The Morgan fingerprint density at radius 2 is 2.30 bits per heavy atom. The van der Waals surface area contributed by atoms with Crippen LogP contribution in [0.3, 0.4) is 0 Å². The van der Waals surface area contributed by atoms with E-state index in [1.807, 2.05) is 0 Å². The Labute approximate surface area is 118 Å². The number of carboxylic acid groups (broad SMARTS) is 1. The number of rotatable bonds is 1. The summed E-state index contributed by atoms with van der Waals surface area (Å²) in [6, 6.07) is -0.653. The van der Waals surface area contributed by atoms with Gasteiger partial charge in [-0.25, -0.2) is 0 Å². The molecule has 0 radical (unpaired) electrons. The van der Waals surface area contributed by atoms with E-state index in [1.165, 1.54) is 0 Å². The molecule has 1 heterocycles. The first kappa shape index (κ1) is 11.4.